The van der Waals surface area contributed by atoms with Crippen molar-refractivity contribution < 1.29 is 9.84 Å². The molecule has 0 amide bonds. The lowest BCUT2D eigenvalue weighted by Crippen LogP contribution is -2.41. The average Bonchev–Trinajstić information content (AvgIpc) is 2.32. The maximum absolute atomic E-state index is 10.6. The van der Waals surface area contributed by atoms with Gasteiger partial charge in [0.2, 0.25) is 0 Å². The van der Waals surface area contributed by atoms with Gasteiger partial charge in [-0.25, -0.2) is 0 Å². The van der Waals surface area contributed by atoms with Crippen molar-refractivity contribution in [2.45, 2.75) is 52.1 Å². The highest BCUT2D eigenvalue weighted by Crippen LogP contribution is 2.39. The zero-order chi connectivity index (χ0) is 13.6. The molecule has 0 aromatic carbocycles. The van der Waals surface area contributed by atoms with E-state index in [0.717, 1.165) is 38.0 Å². The Morgan fingerprint density at radius 2 is 1.94 bits per heavy atom. The van der Waals surface area contributed by atoms with Gasteiger partial charge >= 0.3 is 0 Å². The van der Waals surface area contributed by atoms with E-state index in [2.05, 4.69) is 19.2 Å². The maximum Gasteiger partial charge on any atom is 0.0660 e. The van der Waals surface area contributed by atoms with Crippen molar-refractivity contribution in [3.8, 4) is 0 Å². The highest BCUT2D eigenvalue weighted by molar-refractivity contribution is 4.88. The van der Waals surface area contributed by atoms with Gasteiger partial charge in [-0.05, 0) is 50.5 Å². The summed E-state index contributed by atoms with van der Waals surface area (Å²) in [5, 5.41) is 13.9. The van der Waals surface area contributed by atoms with Crippen LogP contribution in [0.15, 0.2) is 0 Å². The van der Waals surface area contributed by atoms with Crippen molar-refractivity contribution in [1.29, 1.82) is 0 Å². The Hall–Kier alpha value is -0.120. The van der Waals surface area contributed by atoms with E-state index in [1.54, 1.807) is 7.11 Å². The fourth-order valence-corrected chi connectivity index (χ4v) is 2.96. The highest BCUT2D eigenvalue weighted by atomic mass is 16.5. The van der Waals surface area contributed by atoms with Crippen LogP contribution in [0.25, 0.3) is 0 Å². The molecule has 1 saturated carbocycles. The summed E-state index contributed by atoms with van der Waals surface area (Å²) in [6.45, 7) is 9.14. The number of rotatable bonds is 7. The average molecular weight is 257 g/mol. The van der Waals surface area contributed by atoms with Gasteiger partial charge < -0.3 is 15.2 Å². The molecule has 1 rings (SSSR count). The molecule has 0 aliphatic heterocycles. The summed E-state index contributed by atoms with van der Waals surface area (Å²) in [5.41, 5.74) is -0.519. The van der Waals surface area contributed by atoms with Crippen LogP contribution in [0.2, 0.25) is 0 Å². The van der Waals surface area contributed by atoms with Crippen molar-refractivity contribution in [1.82, 2.24) is 5.32 Å². The lowest BCUT2D eigenvalue weighted by molar-refractivity contribution is -0.0379. The van der Waals surface area contributed by atoms with Crippen LogP contribution < -0.4 is 5.32 Å². The third-order valence-corrected chi connectivity index (χ3v) is 4.77. The summed E-state index contributed by atoms with van der Waals surface area (Å²) in [7, 11) is 1.71. The molecule has 4 unspecified atom stereocenters. The number of aliphatic hydroxyl groups is 1. The van der Waals surface area contributed by atoms with Gasteiger partial charge in [-0.15, -0.1) is 0 Å². The Kier molecular flexibility index (Phi) is 6.61. The summed E-state index contributed by atoms with van der Waals surface area (Å²) in [4.78, 5) is 0. The smallest absolute Gasteiger partial charge is 0.0660 e. The van der Waals surface area contributed by atoms with Crippen LogP contribution in [-0.2, 0) is 4.74 Å². The molecule has 108 valence electrons. The second-order valence-electron chi connectivity index (χ2n) is 6.31. The Morgan fingerprint density at radius 1 is 1.22 bits per heavy atom. The summed E-state index contributed by atoms with van der Waals surface area (Å²) in [5.74, 6) is 2.03. The van der Waals surface area contributed by atoms with Gasteiger partial charge in [-0.1, -0.05) is 20.3 Å². The zero-order valence-corrected chi connectivity index (χ0v) is 12.5. The monoisotopic (exact) mass is 257 g/mol. The minimum absolute atomic E-state index is 0.466. The SMILES string of the molecule is COCCNCCC(C)(O)C1CCC(C)C(C)C1. The van der Waals surface area contributed by atoms with E-state index in [9.17, 15) is 5.11 Å². The molecule has 0 heterocycles. The molecule has 2 N–H and O–H groups in total. The first kappa shape index (κ1) is 15.9. The fraction of sp³-hybridized carbons (Fsp3) is 1.00. The minimum atomic E-state index is -0.519. The third kappa shape index (κ3) is 4.87. The van der Waals surface area contributed by atoms with Crippen LogP contribution in [0.5, 0.6) is 0 Å². The Bertz CT molecular complexity index is 231. The molecule has 18 heavy (non-hydrogen) atoms. The van der Waals surface area contributed by atoms with Gasteiger partial charge in [0.05, 0.1) is 12.2 Å². The number of nitrogens with one attached hydrogen (secondary N) is 1. The molecule has 1 fully saturated rings. The first-order valence-electron chi connectivity index (χ1n) is 7.39. The summed E-state index contributed by atoms with van der Waals surface area (Å²) < 4.78 is 4.99. The van der Waals surface area contributed by atoms with E-state index >= 15 is 0 Å². The third-order valence-electron chi connectivity index (χ3n) is 4.77. The second-order valence-corrected chi connectivity index (χ2v) is 6.31. The van der Waals surface area contributed by atoms with Crippen LogP contribution in [0.4, 0.5) is 0 Å². The van der Waals surface area contributed by atoms with Crippen molar-refractivity contribution >= 4 is 0 Å². The second kappa shape index (κ2) is 7.46. The van der Waals surface area contributed by atoms with Crippen LogP contribution in [-0.4, -0.2) is 37.5 Å². The molecule has 0 saturated heterocycles. The molecule has 1 aliphatic rings. The van der Waals surface area contributed by atoms with Crippen LogP contribution in [0, 0.1) is 17.8 Å². The first-order chi connectivity index (χ1) is 8.47. The van der Waals surface area contributed by atoms with Crippen molar-refractivity contribution in [3.63, 3.8) is 0 Å². The number of ether oxygens (including phenoxy) is 1. The summed E-state index contributed by atoms with van der Waals surface area (Å²) >= 11 is 0. The summed E-state index contributed by atoms with van der Waals surface area (Å²) in [6.07, 6.45) is 4.45. The van der Waals surface area contributed by atoms with Gasteiger partial charge in [0, 0.05) is 13.7 Å². The Labute approximate surface area is 112 Å². The quantitative estimate of drug-likeness (QED) is 0.688. The van der Waals surface area contributed by atoms with Crippen molar-refractivity contribution in [2.24, 2.45) is 17.8 Å². The van der Waals surface area contributed by atoms with Crippen LogP contribution in [0.3, 0.4) is 0 Å². The molecule has 3 heteroatoms. The molecule has 3 nitrogen and oxygen atoms in total. The van der Waals surface area contributed by atoms with Crippen molar-refractivity contribution in [2.75, 3.05) is 26.8 Å². The zero-order valence-electron chi connectivity index (χ0n) is 12.5. The van der Waals surface area contributed by atoms with E-state index < -0.39 is 5.60 Å². The van der Waals surface area contributed by atoms with E-state index in [4.69, 9.17) is 4.74 Å². The lowest BCUT2D eigenvalue weighted by Gasteiger charge is -2.40. The van der Waals surface area contributed by atoms with Crippen molar-refractivity contribution in [3.05, 3.63) is 0 Å². The normalized spacial score (nSPS) is 32.2. The van der Waals surface area contributed by atoms with Crippen LogP contribution >= 0.6 is 0 Å². The number of hydrogen-bond acceptors (Lipinski definition) is 3. The summed E-state index contributed by atoms with van der Waals surface area (Å²) in [6, 6.07) is 0. The number of hydrogen-bond donors (Lipinski definition) is 2. The van der Waals surface area contributed by atoms with Gasteiger partial charge in [-0.3, -0.25) is 0 Å². The molecule has 4 atom stereocenters. The molecule has 0 bridgehead atoms. The van der Waals surface area contributed by atoms with Gasteiger partial charge in [0.25, 0.3) is 0 Å². The van der Waals surface area contributed by atoms with E-state index in [1.165, 1.54) is 19.3 Å². The number of methoxy groups -OCH3 is 1. The molecular weight excluding hydrogens is 226 g/mol. The van der Waals surface area contributed by atoms with Gasteiger partial charge in [0.15, 0.2) is 0 Å². The molecule has 0 spiro atoms. The van der Waals surface area contributed by atoms with E-state index in [0.29, 0.717) is 5.92 Å². The van der Waals surface area contributed by atoms with Gasteiger partial charge in [0.1, 0.15) is 0 Å². The lowest BCUT2D eigenvalue weighted by atomic mass is 9.69. The maximum atomic E-state index is 10.6. The minimum Gasteiger partial charge on any atom is -0.390 e. The molecular formula is C15H31NO2. The largest absolute Gasteiger partial charge is 0.390 e. The standard InChI is InChI=1S/C15H31NO2/c1-12-5-6-14(11-13(12)2)15(3,17)7-8-16-9-10-18-4/h12-14,16-17H,5-11H2,1-4H3. The highest BCUT2D eigenvalue weighted by Gasteiger charge is 2.36. The molecule has 1 aliphatic carbocycles. The topological polar surface area (TPSA) is 41.5 Å². The predicted molar refractivity (Wildman–Crippen MR) is 75.7 cm³/mol. The van der Waals surface area contributed by atoms with Crippen LogP contribution in [0.1, 0.15) is 46.5 Å². The Balaban J connectivity index is 2.29. The van der Waals surface area contributed by atoms with E-state index in [-0.39, 0.29) is 0 Å². The predicted octanol–water partition coefficient (Wildman–Crippen LogP) is 2.44. The fourth-order valence-electron chi connectivity index (χ4n) is 2.96. The van der Waals surface area contributed by atoms with Gasteiger partial charge in [-0.2, -0.15) is 0 Å². The van der Waals surface area contributed by atoms with E-state index in [1.807, 2.05) is 6.92 Å². The first-order valence-corrected chi connectivity index (χ1v) is 7.39. The Morgan fingerprint density at radius 3 is 2.56 bits per heavy atom. The molecule has 0 aromatic rings. The molecule has 0 radical (unpaired) electrons. The molecule has 0 aromatic heterocycles.